The van der Waals surface area contributed by atoms with Crippen molar-refractivity contribution in [2.75, 3.05) is 24.0 Å². The Labute approximate surface area is 136 Å². The molecule has 0 bridgehead atoms. The number of hydrogen-bond acceptors (Lipinski definition) is 4. The predicted molar refractivity (Wildman–Crippen MR) is 89.2 cm³/mol. The van der Waals surface area contributed by atoms with Gasteiger partial charge in [0.05, 0.1) is 7.11 Å². The van der Waals surface area contributed by atoms with E-state index in [2.05, 4.69) is 15.4 Å². The van der Waals surface area contributed by atoms with Crippen LogP contribution in [0.3, 0.4) is 0 Å². The van der Waals surface area contributed by atoms with Crippen molar-refractivity contribution >= 4 is 34.2 Å². The lowest BCUT2D eigenvalue weighted by Crippen LogP contribution is -2.13. The fourth-order valence-corrected chi connectivity index (χ4v) is 2.33. The number of ether oxygens (including phenoxy) is 1. The summed E-state index contributed by atoms with van der Waals surface area (Å²) in [5, 5.41) is 5.26. The van der Waals surface area contributed by atoms with Crippen LogP contribution in [-0.2, 0) is 15.5 Å². The highest BCUT2D eigenvalue weighted by Crippen LogP contribution is 2.15. The van der Waals surface area contributed by atoms with Crippen LogP contribution >= 0.6 is 0 Å². The van der Waals surface area contributed by atoms with Gasteiger partial charge in [-0.25, -0.2) is 4.79 Å². The van der Waals surface area contributed by atoms with Crippen LogP contribution in [0.15, 0.2) is 53.4 Å². The van der Waals surface area contributed by atoms with E-state index < -0.39 is 16.9 Å². The molecule has 2 rings (SSSR count). The van der Waals surface area contributed by atoms with Gasteiger partial charge in [-0.3, -0.25) is 14.3 Å². The Balaban J connectivity index is 2.02. The fraction of sp³-hybridized carbons (Fsp3) is 0.125. The van der Waals surface area contributed by atoms with E-state index in [4.69, 9.17) is 0 Å². The maximum Gasteiger partial charge on any atom is 0.411 e. The molecule has 0 aliphatic heterocycles. The molecule has 0 aliphatic carbocycles. The first kappa shape index (κ1) is 16.7. The number of hydrogen-bond donors (Lipinski definition) is 2. The third-order valence-corrected chi connectivity index (χ3v) is 3.96. The van der Waals surface area contributed by atoms with E-state index in [-0.39, 0.29) is 5.91 Å². The molecular formula is C16H16N2O4S. The molecule has 120 valence electrons. The predicted octanol–water partition coefficient (Wildman–Crippen LogP) is 2.85. The molecule has 2 N–H and O–H groups in total. The Morgan fingerprint density at radius 2 is 1.43 bits per heavy atom. The van der Waals surface area contributed by atoms with Crippen molar-refractivity contribution in [1.29, 1.82) is 0 Å². The van der Waals surface area contributed by atoms with E-state index in [1.54, 1.807) is 54.8 Å². The summed E-state index contributed by atoms with van der Waals surface area (Å²) < 4.78 is 15.8. The number of rotatable bonds is 4. The normalized spacial score (nSPS) is 11.4. The van der Waals surface area contributed by atoms with Crippen molar-refractivity contribution in [3.05, 3.63) is 54.1 Å². The topological polar surface area (TPSA) is 84.5 Å². The number of anilines is 2. The summed E-state index contributed by atoms with van der Waals surface area (Å²) in [5.74, 6) is -0.271. The van der Waals surface area contributed by atoms with Gasteiger partial charge in [-0.2, -0.15) is 0 Å². The summed E-state index contributed by atoms with van der Waals surface area (Å²) in [6.07, 6.45) is 1.02. The lowest BCUT2D eigenvalue weighted by molar-refractivity contribution is 0.102. The molecule has 2 aromatic rings. The van der Waals surface area contributed by atoms with E-state index >= 15 is 0 Å². The average Bonchev–Trinajstić information content (AvgIpc) is 2.56. The molecule has 0 heterocycles. The average molecular weight is 332 g/mol. The lowest BCUT2D eigenvalue weighted by Gasteiger charge is -2.07. The maximum absolute atomic E-state index is 12.1. The van der Waals surface area contributed by atoms with Crippen LogP contribution < -0.4 is 10.6 Å². The molecule has 0 aliphatic rings. The summed E-state index contributed by atoms with van der Waals surface area (Å²) in [6.45, 7) is 0. The highest BCUT2D eigenvalue weighted by Gasteiger charge is 2.07. The summed E-state index contributed by atoms with van der Waals surface area (Å²) in [7, 11) is 0.208. The second kappa shape index (κ2) is 7.55. The van der Waals surface area contributed by atoms with Gasteiger partial charge >= 0.3 is 6.09 Å². The van der Waals surface area contributed by atoms with Crippen LogP contribution in [-0.4, -0.2) is 29.6 Å². The third kappa shape index (κ3) is 4.65. The van der Waals surface area contributed by atoms with E-state index in [1.807, 2.05) is 0 Å². The third-order valence-electron chi connectivity index (χ3n) is 3.02. The number of carbonyl (C=O) groups excluding carboxylic acids is 2. The van der Waals surface area contributed by atoms with Gasteiger partial charge in [-0.1, -0.05) is 0 Å². The first-order valence-electron chi connectivity index (χ1n) is 6.69. The van der Waals surface area contributed by atoms with Gasteiger partial charge in [0.15, 0.2) is 0 Å². The minimum Gasteiger partial charge on any atom is -0.453 e. The number of nitrogens with one attached hydrogen (secondary N) is 2. The van der Waals surface area contributed by atoms with Crippen LogP contribution in [0.2, 0.25) is 0 Å². The molecule has 0 fully saturated rings. The Hall–Kier alpha value is -2.67. The molecule has 6 nitrogen and oxygen atoms in total. The summed E-state index contributed by atoms with van der Waals surface area (Å²) in [4.78, 5) is 23.9. The highest BCUT2D eigenvalue weighted by molar-refractivity contribution is 7.84. The van der Waals surface area contributed by atoms with E-state index in [9.17, 15) is 13.8 Å². The monoisotopic (exact) mass is 332 g/mol. The molecule has 0 saturated carbocycles. The van der Waals surface area contributed by atoms with Crippen LogP contribution in [0.25, 0.3) is 0 Å². The quantitative estimate of drug-likeness (QED) is 0.901. The van der Waals surface area contributed by atoms with Crippen LogP contribution in [0.1, 0.15) is 10.4 Å². The van der Waals surface area contributed by atoms with E-state index in [0.29, 0.717) is 21.8 Å². The largest absolute Gasteiger partial charge is 0.453 e. The molecule has 23 heavy (non-hydrogen) atoms. The van der Waals surface area contributed by atoms with Gasteiger partial charge in [-0.15, -0.1) is 0 Å². The zero-order chi connectivity index (χ0) is 16.8. The fourth-order valence-electron chi connectivity index (χ4n) is 1.81. The lowest BCUT2D eigenvalue weighted by atomic mass is 10.2. The molecular weight excluding hydrogens is 316 g/mol. The first-order valence-corrected chi connectivity index (χ1v) is 8.25. The van der Waals surface area contributed by atoms with Crippen molar-refractivity contribution in [2.24, 2.45) is 0 Å². The number of benzene rings is 2. The first-order chi connectivity index (χ1) is 11.0. The van der Waals surface area contributed by atoms with Crippen molar-refractivity contribution in [3.8, 4) is 0 Å². The highest BCUT2D eigenvalue weighted by atomic mass is 32.2. The number of amides is 2. The second-order valence-corrected chi connectivity index (χ2v) is 6.01. The minimum atomic E-state index is -1.07. The summed E-state index contributed by atoms with van der Waals surface area (Å²) >= 11 is 0. The van der Waals surface area contributed by atoms with Gasteiger partial charge in [0.2, 0.25) is 0 Å². The summed E-state index contributed by atoms with van der Waals surface area (Å²) in [6, 6.07) is 13.2. The Bertz CT molecular complexity index is 727. The maximum atomic E-state index is 12.1. The van der Waals surface area contributed by atoms with Crippen molar-refractivity contribution in [2.45, 2.75) is 4.90 Å². The zero-order valence-corrected chi connectivity index (χ0v) is 13.5. The molecule has 0 aromatic heterocycles. The molecule has 0 saturated heterocycles. The molecule has 7 heteroatoms. The molecule has 0 spiro atoms. The second-order valence-electron chi connectivity index (χ2n) is 4.63. The molecule has 1 atom stereocenters. The Kier molecular flexibility index (Phi) is 5.48. The Morgan fingerprint density at radius 3 is 1.91 bits per heavy atom. The number of methoxy groups -OCH3 is 1. The van der Waals surface area contributed by atoms with Gasteiger partial charge in [0, 0.05) is 38.9 Å². The van der Waals surface area contributed by atoms with Crippen LogP contribution in [0, 0.1) is 0 Å². The Morgan fingerprint density at radius 1 is 0.913 bits per heavy atom. The smallest absolute Gasteiger partial charge is 0.411 e. The standard InChI is InChI=1S/C16H16N2O4S/c1-22-16(20)18-13-7-5-12(6-8-13)17-15(19)11-3-9-14(10-4-11)23(2)21/h3-10H,1-2H3,(H,17,19)(H,18,20). The van der Waals surface area contributed by atoms with Gasteiger partial charge < -0.3 is 10.1 Å². The van der Waals surface area contributed by atoms with Crippen LogP contribution in [0.4, 0.5) is 16.2 Å². The van der Waals surface area contributed by atoms with Crippen molar-refractivity contribution < 1.29 is 18.5 Å². The SMILES string of the molecule is COC(=O)Nc1ccc(NC(=O)c2ccc(S(C)=O)cc2)cc1. The minimum absolute atomic E-state index is 0.271. The van der Waals surface area contributed by atoms with Gasteiger partial charge in [-0.05, 0) is 48.5 Å². The van der Waals surface area contributed by atoms with E-state index in [1.165, 1.54) is 7.11 Å². The molecule has 1 unspecified atom stereocenters. The van der Waals surface area contributed by atoms with Gasteiger partial charge in [0.25, 0.3) is 5.91 Å². The van der Waals surface area contributed by atoms with Crippen LogP contribution in [0.5, 0.6) is 0 Å². The molecule has 0 radical (unpaired) electrons. The van der Waals surface area contributed by atoms with Crippen molar-refractivity contribution in [3.63, 3.8) is 0 Å². The molecule has 2 amide bonds. The molecule has 2 aromatic carbocycles. The van der Waals surface area contributed by atoms with Gasteiger partial charge in [0.1, 0.15) is 0 Å². The number of carbonyl (C=O) groups is 2. The van der Waals surface area contributed by atoms with E-state index in [0.717, 1.165) is 0 Å². The van der Waals surface area contributed by atoms with Crippen molar-refractivity contribution in [1.82, 2.24) is 0 Å². The summed E-state index contributed by atoms with van der Waals surface area (Å²) in [5.41, 5.74) is 1.62. The zero-order valence-electron chi connectivity index (χ0n) is 12.7.